The second-order valence-electron chi connectivity index (χ2n) is 6.82. The summed E-state index contributed by atoms with van der Waals surface area (Å²) in [5, 5.41) is 34.6. The zero-order valence-corrected chi connectivity index (χ0v) is 16.5. The number of aliphatic hydroxyl groups is 1. The lowest BCUT2D eigenvalue weighted by Gasteiger charge is -2.31. The number of carboxylic acids is 1. The standard InChI is InChI=1S/C17H28BN3O8/c1-3-7-18(20-16(26)27)21-17(28)29-13(6-8-22)14(19-10(2)23)11-4-5-12(9-11)15(24)25/h9,11,13-14,20,22H,3-8H2,1-2H3,(H,19,23)(H,21,28)(H,24,25)(H,26,27)/t11?,13-,14-/m0/s1. The second-order valence-corrected chi connectivity index (χ2v) is 6.82. The Bertz CT molecular complexity index is 642. The van der Waals surface area contributed by atoms with Crippen molar-refractivity contribution in [2.24, 2.45) is 5.92 Å². The van der Waals surface area contributed by atoms with Gasteiger partial charge in [-0.2, -0.15) is 0 Å². The van der Waals surface area contributed by atoms with Crippen LogP contribution in [0.4, 0.5) is 9.59 Å². The van der Waals surface area contributed by atoms with E-state index in [0.717, 1.165) is 0 Å². The molecule has 6 N–H and O–H groups in total. The van der Waals surface area contributed by atoms with Gasteiger partial charge in [-0.1, -0.05) is 19.4 Å². The minimum Gasteiger partial charge on any atom is -0.478 e. The lowest BCUT2D eigenvalue weighted by molar-refractivity contribution is -0.132. The van der Waals surface area contributed by atoms with E-state index in [4.69, 9.17) is 14.9 Å². The van der Waals surface area contributed by atoms with E-state index in [1.807, 2.05) is 6.92 Å². The van der Waals surface area contributed by atoms with Crippen LogP contribution < -0.4 is 15.8 Å². The summed E-state index contributed by atoms with van der Waals surface area (Å²) < 4.78 is 5.39. The average molecular weight is 413 g/mol. The van der Waals surface area contributed by atoms with Crippen LogP contribution in [0.2, 0.25) is 6.32 Å². The van der Waals surface area contributed by atoms with Crippen molar-refractivity contribution in [3.8, 4) is 0 Å². The Morgan fingerprint density at radius 1 is 1.28 bits per heavy atom. The van der Waals surface area contributed by atoms with Gasteiger partial charge >= 0.3 is 25.1 Å². The average Bonchev–Trinajstić information content (AvgIpc) is 3.09. The zero-order chi connectivity index (χ0) is 22.0. The topological polar surface area (TPSA) is 174 Å². The number of hydrogen-bond acceptors (Lipinski definition) is 6. The molecule has 29 heavy (non-hydrogen) atoms. The third-order valence-electron chi connectivity index (χ3n) is 4.51. The maximum atomic E-state index is 12.3. The Morgan fingerprint density at radius 2 is 1.97 bits per heavy atom. The molecule has 0 heterocycles. The Kier molecular flexibility index (Phi) is 10.0. The van der Waals surface area contributed by atoms with Gasteiger partial charge in [-0.05, 0) is 19.2 Å². The van der Waals surface area contributed by atoms with E-state index in [0.29, 0.717) is 25.6 Å². The molecule has 1 rings (SSSR count). The summed E-state index contributed by atoms with van der Waals surface area (Å²) in [5.74, 6) is -1.83. The first-order valence-electron chi connectivity index (χ1n) is 9.46. The molecule has 1 unspecified atom stereocenters. The van der Waals surface area contributed by atoms with Gasteiger partial charge in [-0.3, -0.25) is 4.79 Å². The summed E-state index contributed by atoms with van der Waals surface area (Å²) in [6.45, 7) is 1.91. The molecule has 11 nitrogen and oxygen atoms in total. The first kappa shape index (κ1) is 24.3. The largest absolute Gasteiger partial charge is 0.478 e. The van der Waals surface area contributed by atoms with Crippen LogP contribution in [0.25, 0.3) is 0 Å². The Hall–Kier alpha value is -2.76. The van der Waals surface area contributed by atoms with Crippen LogP contribution >= 0.6 is 0 Å². The molecule has 0 radical (unpaired) electrons. The van der Waals surface area contributed by atoms with Crippen molar-refractivity contribution in [1.82, 2.24) is 15.8 Å². The van der Waals surface area contributed by atoms with Gasteiger partial charge in [0.15, 0.2) is 0 Å². The first-order valence-corrected chi connectivity index (χ1v) is 9.46. The second kappa shape index (κ2) is 11.9. The molecule has 3 amide bonds. The molecule has 1 aliphatic rings. The summed E-state index contributed by atoms with van der Waals surface area (Å²) in [6.07, 6.45) is 0.0874. The van der Waals surface area contributed by atoms with E-state index in [9.17, 15) is 24.3 Å². The predicted octanol–water partition coefficient (Wildman–Crippen LogP) is 0.555. The van der Waals surface area contributed by atoms with Gasteiger partial charge in [0.1, 0.15) is 6.10 Å². The van der Waals surface area contributed by atoms with Gasteiger partial charge in [0.05, 0.1) is 6.04 Å². The van der Waals surface area contributed by atoms with E-state index in [1.165, 1.54) is 13.0 Å². The number of carboxylic acid groups (broad SMARTS) is 2. The van der Waals surface area contributed by atoms with Crippen LogP contribution in [0.5, 0.6) is 0 Å². The highest BCUT2D eigenvalue weighted by Gasteiger charge is 2.35. The number of rotatable bonds is 11. The molecule has 0 spiro atoms. The third kappa shape index (κ3) is 8.42. The maximum absolute atomic E-state index is 12.3. The van der Waals surface area contributed by atoms with Crippen LogP contribution in [0.3, 0.4) is 0 Å². The molecule has 0 aliphatic heterocycles. The zero-order valence-electron chi connectivity index (χ0n) is 16.5. The Labute approximate surface area is 169 Å². The monoisotopic (exact) mass is 413 g/mol. The summed E-state index contributed by atoms with van der Waals surface area (Å²) >= 11 is 0. The molecular formula is C17H28BN3O8. The molecule has 0 saturated heterocycles. The van der Waals surface area contributed by atoms with Crippen molar-refractivity contribution in [3.63, 3.8) is 0 Å². The molecular weight excluding hydrogens is 385 g/mol. The number of amides is 3. The summed E-state index contributed by atoms with van der Waals surface area (Å²) in [6, 6.07) is -0.737. The highest BCUT2D eigenvalue weighted by molar-refractivity contribution is 6.58. The number of aliphatic carboxylic acids is 1. The number of aliphatic hydroxyl groups excluding tert-OH is 1. The molecule has 162 valence electrons. The highest BCUT2D eigenvalue weighted by atomic mass is 16.6. The number of hydrogen-bond donors (Lipinski definition) is 6. The van der Waals surface area contributed by atoms with Gasteiger partial charge in [-0.25, -0.2) is 14.4 Å². The van der Waals surface area contributed by atoms with Crippen LogP contribution in [0.15, 0.2) is 11.6 Å². The highest BCUT2D eigenvalue weighted by Crippen LogP contribution is 2.30. The van der Waals surface area contributed by atoms with E-state index >= 15 is 0 Å². The van der Waals surface area contributed by atoms with Crippen molar-refractivity contribution < 1.29 is 39.2 Å². The normalized spacial score (nSPS) is 17.5. The smallest absolute Gasteiger partial charge is 0.396 e. The first-order chi connectivity index (χ1) is 13.7. The van der Waals surface area contributed by atoms with E-state index in [1.54, 1.807) is 0 Å². The van der Waals surface area contributed by atoms with Crippen molar-refractivity contribution in [2.75, 3.05) is 6.61 Å². The van der Waals surface area contributed by atoms with Crippen molar-refractivity contribution in [1.29, 1.82) is 0 Å². The molecule has 1 aliphatic carbocycles. The van der Waals surface area contributed by atoms with Gasteiger partial charge in [0, 0.05) is 31.4 Å². The Balaban J connectivity index is 2.93. The van der Waals surface area contributed by atoms with Crippen LogP contribution in [0.1, 0.15) is 39.5 Å². The summed E-state index contributed by atoms with van der Waals surface area (Å²) in [5.41, 5.74) is 0.214. The lowest BCUT2D eigenvalue weighted by atomic mass is 9.72. The number of carbonyl (C=O) groups is 4. The minimum atomic E-state index is -1.30. The molecule has 0 aromatic rings. The summed E-state index contributed by atoms with van der Waals surface area (Å²) in [4.78, 5) is 46.0. The number of ether oxygens (including phenoxy) is 1. The van der Waals surface area contributed by atoms with E-state index in [-0.39, 0.29) is 18.6 Å². The molecule has 0 fully saturated rings. The quantitative estimate of drug-likeness (QED) is 0.266. The maximum Gasteiger partial charge on any atom is 0.396 e. The van der Waals surface area contributed by atoms with Crippen LogP contribution in [0, 0.1) is 5.92 Å². The van der Waals surface area contributed by atoms with Crippen molar-refractivity contribution in [3.05, 3.63) is 11.6 Å². The molecule has 0 bridgehead atoms. The minimum absolute atomic E-state index is 0.00984. The summed E-state index contributed by atoms with van der Waals surface area (Å²) in [7, 11) is 0. The van der Waals surface area contributed by atoms with Gasteiger partial charge in [-0.15, -0.1) is 0 Å². The fourth-order valence-corrected chi connectivity index (χ4v) is 3.29. The Morgan fingerprint density at radius 3 is 2.45 bits per heavy atom. The molecule has 12 heteroatoms. The predicted molar refractivity (Wildman–Crippen MR) is 103 cm³/mol. The number of nitrogens with one attached hydrogen (secondary N) is 3. The van der Waals surface area contributed by atoms with Crippen molar-refractivity contribution in [2.45, 2.75) is 58.0 Å². The molecule has 0 saturated carbocycles. The van der Waals surface area contributed by atoms with Gasteiger partial charge in [0.25, 0.3) is 0 Å². The third-order valence-corrected chi connectivity index (χ3v) is 4.51. The van der Waals surface area contributed by atoms with E-state index in [2.05, 4.69) is 15.8 Å². The lowest BCUT2D eigenvalue weighted by Crippen LogP contribution is -2.54. The molecule has 0 aromatic carbocycles. The van der Waals surface area contributed by atoms with Crippen LogP contribution in [-0.4, -0.2) is 65.1 Å². The van der Waals surface area contributed by atoms with E-state index < -0.39 is 49.1 Å². The molecule has 3 atom stereocenters. The molecule has 0 aromatic heterocycles. The fraction of sp³-hybridized carbons (Fsp3) is 0.647. The fourth-order valence-electron chi connectivity index (χ4n) is 3.29. The SMILES string of the molecule is CCCB(NC(=O)O)NC(=O)O[C@@H](CCO)[C@@H](NC(C)=O)C1C=C(C(=O)O)CC1. The van der Waals surface area contributed by atoms with Crippen LogP contribution in [-0.2, 0) is 14.3 Å². The number of carbonyl (C=O) groups excluding carboxylic acids is 2. The van der Waals surface area contributed by atoms with Crippen molar-refractivity contribution >= 4 is 31.0 Å². The van der Waals surface area contributed by atoms with Gasteiger partial charge < -0.3 is 35.8 Å². The van der Waals surface area contributed by atoms with Gasteiger partial charge in [0.2, 0.25) is 5.91 Å².